The molecule has 1 heterocycles. The van der Waals surface area contributed by atoms with Crippen molar-refractivity contribution in [2.45, 2.75) is 6.92 Å². The second-order valence-corrected chi connectivity index (χ2v) is 4.08. The summed E-state index contributed by atoms with van der Waals surface area (Å²) in [4.78, 5) is 23.0. The standard InChI is InChI=1S/C13H13N3O3/c1-8-9(13(18)19)4-3-5-10(8)15-12(17)11-6-7-14-16(11)2/h3-7H,1-2H3,(H,15,17)(H,18,19). The zero-order chi connectivity index (χ0) is 14.0. The molecular formula is C13H13N3O3. The quantitative estimate of drug-likeness (QED) is 0.878. The minimum absolute atomic E-state index is 0.169. The highest BCUT2D eigenvalue weighted by atomic mass is 16.4. The lowest BCUT2D eigenvalue weighted by Gasteiger charge is -2.10. The molecule has 0 unspecified atom stereocenters. The maximum Gasteiger partial charge on any atom is 0.336 e. The van der Waals surface area contributed by atoms with Gasteiger partial charge in [0.1, 0.15) is 5.69 Å². The van der Waals surface area contributed by atoms with E-state index >= 15 is 0 Å². The fourth-order valence-electron chi connectivity index (χ4n) is 1.79. The molecule has 19 heavy (non-hydrogen) atoms. The molecule has 2 N–H and O–H groups in total. The Hall–Kier alpha value is -2.63. The first-order valence-electron chi connectivity index (χ1n) is 5.63. The highest BCUT2D eigenvalue weighted by molar-refractivity contribution is 6.04. The molecule has 0 bridgehead atoms. The number of carboxylic acid groups (broad SMARTS) is 1. The lowest BCUT2D eigenvalue weighted by Crippen LogP contribution is -2.17. The number of aromatic nitrogens is 2. The second-order valence-electron chi connectivity index (χ2n) is 4.08. The lowest BCUT2D eigenvalue weighted by atomic mass is 10.1. The molecule has 0 fully saturated rings. The zero-order valence-corrected chi connectivity index (χ0v) is 10.5. The van der Waals surface area contributed by atoms with Crippen LogP contribution in [-0.2, 0) is 7.05 Å². The van der Waals surface area contributed by atoms with E-state index in [4.69, 9.17) is 5.11 Å². The molecule has 2 rings (SSSR count). The number of hydrogen-bond acceptors (Lipinski definition) is 3. The van der Waals surface area contributed by atoms with Crippen LogP contribution >= 0.6 is 0 Å². The van der Waals surface area contributed by atoms with Crippen molar-refractivity contribution >= 4 is 17.6 Å². The number of nitrogens with zero attached hydrogens (tertiary/aromatic N) is 2. The monoisotopic (exact) mass is 259 g/mol. The number of hydrogen-bond donors (Lipinski definition) is 2. The molecule has 0 saturated heterocycles. The molecule has 0 spiro atoms. The van der Waals surface area contributed by atoms with Crippen molar-refractivity contribution in [2.24, 2.45) is 7.05 Å². The van der Waals surface area contributed by atoms with E-state index in [0.29, 0.717) is 16.9 Å². The maximum atomic E-state index is 12.0. The Kier molecular flexibility index (Phi) is 3.33. The van der Waals surface area contributed by atoms with Crippen molar-refractivity contribution in [2.75, 3.05) is 5.32 Å². The van der Waals surface area contributed by atoms with E-state index in [1.165, 1.54) is 16.9 Å². The predicted octanol–water partition coefficient (Wildman–Crippen LogP) is 1.68. The molecule has 0 aliphatic carbocycles. The maximum absolute atomic E-state index is 12.0. The van der Waals surface area contributed by atoms with E-state index in [-0.39, 0.29) is 11.5 Å². The topological polar surface area (TPSA) is 84.2 Å². The van der Waals surface area contributed by atoms with E-state index in [1.807, 2.05) is 0 Å². The van der Waals surface area contributed by atoms with Gasteiger partial charge in [-0.2, -0.15) is 5.10 Å². The van der Waals surface area contributed by atoms with Crippen LogP contribution in [0.2, 0.25) is 0 Å². The summed E-state index contributed by atoms with van der Waals surface area (Å²) in [6.07, 6.45) is 1.52. The Morgan fingerprint density at radius 2 is 2.05 bits per heavy atom. The molecule has 0 aliphatic heterocycles. The van der Waals surface area contributed by atoms with Crippen molar-refractivity contribution in [1.29, 1.82) is 0 Å². The van der Waals surface area contributed by atoms with Gasteiger partial charge in [0.25, 0.3) is 5.91 Å². The third kappa shape index (κ3) is 2.47. The summed E-state index contributed by atoms with van der Waals surface area (Å²) in [5.41, 5.74) is 1.57. The molecule has 6 heteroatoms. The Bertz CT molecular complexity index is 646. The largest absolute Gasteiger partial charge is 0.478 e. The van der Waals surface area contributed by atoms with Crippen LogP contribution in [0, 0.1) is 6.92 Å². The normalized spacial score (nSPS) is 10.2. The Morgan fingerprint density at radius 3 is 2.63 bits per heavy atom. The second kappa shape index (κ2) is 4.93. The summed E-state index contributed by atoms with van der Waals surface area (Å²) in [5, 5.41) is 15.6. The summed E-state index contributed by atoms with van der Waals surface area (Å²) in [6.45, 7) is 1.66. The van der Waals surface area contributed by atoms with E-state index in [9.17, 15) is 9.59 Å². The number of aryl methyl sites for hydroxylation is 1. The van der Waals surface area contributed by atoms with Crippen molar-refractivity contribution in [1.82, 2.24) is 9.78 Å². The van der Waals surface area contributed by atoms with E-state index in [1.54, 1.807) is 32.2 Å². The zero-order valence-electron chi connectivity index (χ0n) is 10.5. The Balaban J connectivity index is 2.30. The third-order valence-corrected chi connectivity index (χ3v) is 2.87. The Morgan fingerprint density at radius 1 is 1.32 bits per heavy atom. The van der Waals surface area contributed by atoms with Crippen LogP contribution in [0.25, 0.3) is 0 Å². The van der Waals surface area contributed by atoms with Crippen LogP contribution in [0.15, 0.2) is 30.5 Å². The molecular weight excluding hydrogens is 246 g/mol. The highest BCUT2D eigenvalue weighted by Crippen LogP contribution is 2.19. The van der Waals surface area contributed by atoms with Crippen molar-refractivity contribution in [3.8, 4) is 0 Å². The van der Waals surface area contributed by atoms with Gasteiger partial charge >= 0.3 is 5.97 Å². The number of amides is 1. The van der Waals surface area contributed by atoms with Gasteiger partial charge in [0.15, 0.2) is 0 Å². The fourth-order valence-corrected chi connectivity index (χ4v) is 1.79. The minimum atomic E-state index is -1.02. The molecule has 1 aromatic carbocycles. The van der Waals surface area contributed by atoms with Gasteiger partial charge in [0.2, 0.25) is 0 Å². The Labute approximate surface area is 109 Å². The van der Waals surface area contributed by atoms with Crippen LogP contribution in [0.3, 0.4) is 0 Å². The number of nitrogens with one attached hydrogen (secondary N) is 1. The van der Waals surface area contributed by atoms with Crippen LogP contribution < -0.4 is 5.32 Å². The first-order chi connectivity index (χ1) is 9.00. The average Bonchev–Trinajstić information content (AvgIpc) is 2.77. The van der Waals surface area contributed by atoms with Gasteiger partial charge in [0.05, 0.1) is 5.56 Å². The smallest absolute Gasteiger partial charge is 0.336 e. The third-order valence-electron chi connectivity index (χ3n) is 2.87. The average molecular weight is 259 g/mol. The van der Waals surface area contributed by atoms with E-state index < -0.39 is 5.97 Å². The molecule has 0 radical (unpaired) electrons. The molecule has 0 saturated carbocycles. The number of benzene rings is 1. The lowest BCUT2D eigenvalue weighted by molar-refractivity contribution is 0.0695. The molecule has 1 aromatic heterocycles. The summed E-state index contributed by atoms with van der Waals surface area (Å²) >= 11 is 0. The number of aromatic carboxylic acids is 1. The van der Waals surface area contributed by atoms with Crippen molar-refractivity contribution < 1.29 is 14.7 Å². The molecule has 0 atom stereocenters. The van der Waals surface area contributed by atoms with Gasteiger partial charge in [-0.15, -0.1) is 0 Å². The first kappa shape index (κ1) is 12.8. The molecule has 0 aliphatic rings. The van der Waals surface area contributed by atoms with Crippen LogP contribution in [-0.4, -0.2) is 26.8 Å². The SMILES string of the molecule is Cc1c(NC(=O)c2ccnn2C)cccc1C(=O)O. The van der Waals surface area contributed by atoms with Crippen LogP contribution in [0.1, 0.15) is 26.4 Å². The number of carbonyl (C=O) groups excluding carboxylic acids is 1. The van der Waals surface area contributed by atoms with Gasteiger partial charge < -0.3 is 10.4 Å². The van der Waals surface area contributed by atoms with Gasteiger partial charge in [-0.3, -0.25) is 9.48 Å². The van der Waals surface area contributed by atoms with Crippen molar-refractivity contribution in [3.05, 3.63) is 47.3 Å². The van der Waals surface area contributed by atoms with Gasteiger partial charge in [-0.25, -0.2) is 4.79 Å². The summed E-state index contributed by atoms with van der Waals surface area (Å²) in [7, 11) is 1.66. The fraction of sp³-hybridized carbons (Fsp3) is 0.154. The molecule has 98 valence electrons. The number of carbonyl (C=O) groups is 2. The van der Waals surface area contributed by atoms with Gasteiger partial charge in [-0.1, -0.05) is 6.07 Å². The summed E-state index contributed by atoms with van der Waals surface area (Å²) in [5.74, 6) is -1.35. The van der Waals surface area contributed by atoms with E-state index in [0.717, 1.165) is 0 Å². The van der Waals surface area contributed by atoms with Crippen LogP contribution in [0.4, 0.5) is 5.69 Å². The summed E-state index contributed by atoms with van der Waals surface area (Å²) in [6, 6.07) is 6.34. The van der Waals surface area contributed by atoms with Crippen molar-refractivity contribution in [3.63, 3.8) is 0 Å². The molecule has 1 amide bonds. The summed E-state index contributed by atoms with van der Waals surface area (Å²) < 4.78 is 1.45. The first-order valence-corrected chi connectivity index (χ1v) is 5.63. The predicted molar refractivity (Wildman–Crippen MR) is 69.3 cm³/mol. The molecule has 2 aromatic rings. The van der Waals surface area contributed by atoms with Crippen LogP contribution in [0.5, 0.6) is 0 Å². The number of rotatable bonds is 3. The van der Waals surface area contributed by atoms with Gasteiger partial charge in [0, 0.05) is 18.9 Å². The minimum Gasteiger partial charge on any atom is -0.478 e. The van der Waals surface area contributed by atoms with Gasteiger partial charge in [-0.05, 0) is 30.7 Å². The van der Waals surface area contributed by atoms with E-state index in [2.05, 4.69) is 10.4 Å². The molecule has 6 nitrogen and oxygen atoms in total. The highest BCUT2D eigenvalue weighted by Gasteiger charge is 2.14. The number of anilines is 1. The number of carboxylic acids is 1.